The van der Waals surface area contributed by atoms with E-state index in [1.807, 2.05) is 23.1 Å². The number of para-hydroxylation sites is 1. The highest BCUT2D eigenvalue weighted by Crippen LogP contribution is 2.31. The summed E-state index contributed by atoms with van der Waals surface area (Å²) >= 11 is 12.1. The monoisotopic (exact) mass is 392 g/mol. The molecule has 2 aromatic carbocycles. The molecule has 3 rings (SSSR count). The zero-order valence-corrected chi connectivity index (χ0v) is 16.2. The Labute approximate surface area is 163 Å². The molecule has 1 atom stereocenters. The molecule has 0 saturated carbocycles. The second kappa shape index (κ2) is 7.87. The van der Waals surface area contributed by atoms with Gasteiger partial charge in [0.25, 0.3) is 5.91 Å². The van der Waals surface area contributed by atoms with Crippen molar-refractivity contribution in [3.8, 4) is 5.75 Å². The van der Waals surface area contributed by atoms with Crippen LogP contribution in [0, 0.1) is 5.41 Å². The third-order valence-electron chi connectivity index (χ3n) is 4.85. The summed E-state index contributed by atoms with van der Waals surface area (Å²) in [6, 6.07) is 12.5. The Morgan fingerprint density at radius 1 is 1.27 bits per heavy atom. The first-order valence-electron chi connectivity index (χ1n) is 8.57. The molecule has 1 saturated heterocycles. The minimum absolute atomic E-state index is 0.0116. The van der Waals surface area contributed by atoms with E-state index >= 15 is 0 Å². The normalized spacial score (nSPS) is 19.6. The van der Waals surface area contributed by atoms with Crippen molar-refractivity contribution < 1.29 is 9.53 Å². The molecule has 0 aliphatic carbocycles. The molecule has 1 fully saturated rings. The van der Waals surface area contributed by atoms with E-state index in [9.17, 15) is 4.79 Å². The first-order valence-corrected chi connectivity index (χ1v) is 9.32. The number of rotatable bonds is 5. The van der Waals surface area contributed by atoms with Crippen molar-refractivity contribution in [2.75, 3.05) is 19.6 Å². The summed E-state index contributed by atoms with van der Waals surface area (Å²) in [5.41, 5.74) is 7.21. The number of hydrogen-bond donors (Lipinski definition) is 1. The maximum atomic E-state index is 13.0. The number of nitrogens with zero attached hydrogens (tertiary/aromatic N) is 1. The third-order valence-corrected chi connectivity index (χ3v) is 5.44. The van der Waals surface area contributed by atoms with Crippen LogP contribution < -0.4 is 10.5 Å². The van der Waals surface area contributed by atoms with Crippen LogP contribution in [0.4, 0.5) is 0 Å². The Balaban J connectivity index is 1.75. The summed E-state index contributed by atoms with van der Waals surface area (Å²) in [6.45, 7) is 4.33. The number of hydrogen-bond acceptors (Lipinski definition) is 3. The molecule has 1 amide bonds. The number of benzene rings is 2. The predicted octanol–water partition coefficient (Wildman–Crippen LogP) is 4.38. The number of ether oxygens (including phenoxy) is 1. The van der Waals surface area contributed by atoms with Crippen molar-refractivity contribution in [2.24, 2.45) is 11.1 Å². The summed E-state index contributed by atoms with van der Waals surface area (Å²) in [5, 5.41) is 1.12. The predicted molar refractivity (Wildman–Crippen MR) is 105 cm³/mol. The van der Waals surface area contributed by atoms with Crippen molar-refractivity contribution in [3.63, 3.8) is 0 Å². The van der Waals surface area contributed by atoms with Gasteiger partial charge in [-0.25, -0.2) is 0 Å². The standard InChI is InChI=1S/C20H22Cl2N2O2/c1-20(12-23)8-9-24(13-20)19(25)16-4-2-3-5-18(16)26-11-14-6-7-15(21)10-17(14)22/h2-7,10H,8-9,11-13,23H2,1H3. The maximum absolute atomic E-state index is 13.0. The highest BCUT2D eigenvalue weighted by molar-refractivity contribution is 6.35. The van der Waals surface area contributed by atoms with Crippen LogP contribution in [-0.4, -0.2) is 30.4 Å². The summed E-state index contributed by atoms with van der Waals surface area (Å²) < 4.78 is 5.90. The molecule has 1 unspecified atom stereocenters. The van der Waals surface area contributed by atoms with E-state index < -0.39 is 0 Å². The molecule has 0 bridgehead atoms. The molecule has 0 radical (unpaired) electrons. The van der Waals surface area contributed by atoms with E-state index in [1.165, 1.54) is 0 Å². The molecule has 6 heteroatoms. The molecule has 0 spiro atoms. The number of carbonyl (C=O) groups is 1. The largest absolute Gasteiger partial charge is 0.488 e. The van der Waals surface area contributed by atoms with E-state index in [0.717, 1.165) is 12.0 Å². The van der Waals surface area contributed by atoms with Gasteiger partial charge in [-0.1, -0.05) is 48.3 Å². The summed E-state index contributed by atoms with van der Waals surface area (Å²) in [4.78, 5) is 14.8. The van der Waals surface area contributed by atoms with Gasteiger partial charge in [-0.2, -0.15) is 0 Å². The molecule has 138 valence electrons. The Morgan fingerprint density at radius 2 is 2.04 bits per heavy atom. The van der Waals surface area contributed by atoms with Gasteiger partial charge in [0.15, 0.2) is 0 Å². The van der Waals surface area contributed by atoms with Crippen molar-refractivity contribution >= 4 is 29.1 Å². The van der Waals surface area contributed by atoms with E-state index in [0.29, 0.717) is 41.0 Å². The van der Waals surface area contributed by atoms with Crippen molar-refractivity contribution in [2.45, 2.75) is 20.0 Å². The zero-order valence-electron chi connectivity index (χ0n) is 14.7. The van der Waals surface area contributed by atoms with E-state index in [1.54, 1.807) is 24.3 Å². The lowest BCUT2D eigenvalue weighted by atomic mass is 9.90. The average Bonchev–Trinajstić information content (AvgIpc) is 3.04. The second-order valence-corrected chi connectivity index (χ2v) is 7.86. The molecule has 2 N–H and O–H groups in total. The zero-order chi connectivity index (χ0) is 18.7. The van der Waals surface area contributed by atoms with Gasteiger partial charge >= 0.3 is 0 Å². The second-order valence-electron chi connectivity index (χ2n) is 7.01. The molecule has 1 aliphatic rings. The minimum atomic E-state index is -0.0278. The lowest BCUT2D eigenvalue weighted by Crippen LogP contribution is -2.34. The van der Waals surface area contributed by atoms with Gasteiger partial charge in [-0.15, -0.1) is 0 Å². The molecule has 1 heterocycles. The third kappa shape index (κ3) is 4.14. The van der Waals surface area contributed by atoms with Crippen LogP contribution >= 0.6 is 23.2 Å². The number of halogens is 2. The van der Waals surface area contributed by atoms with Crippen LogP contribution in [0.1, 0.15) is 29.3 Å². The topological polar surface area (TPSA) is 55.6 Å². The quantitative estimate of drug-likeness (QED) is 0.820. The van der Waals surface area contributed by atoms with Gasteiger partial charge in [-0.3, -0.25) is 4.79 Å². The fourth-order valence-corrected chi connectivity index (χ4v) is 3.56. The Hall–Kier alpha value is -1.75. The van der Waals surface area contributed by atoms with Gasteiger partial charge in [0, 0.05) is 28.7 Å². The van der Waals surface area contributed by atoms with Gasteiger partial charge < -0.3 is 15.4 Å². The first kappa shape index (κ1) is 19.0. The number of amides is 1. The van der Waals surface area contributed by atoms with Crippen LogP contribution in [-0.2, 0) is 6.61 Å². The number of carbonyl (C=O) groups excluding carboxylic acids is 1. The Morgan fingerprint density at radius 3 is 2.73 bits per heavy atom. The van der Waals surface area contributed by atoms with E-state index in [-0.39, 0.29) is 17.9 Å². The molecule has 4 nitrogen and oxygen atoms in total. The molecule has 26 heavy (non-hydrogen) atoms. The summed E-state index contributed by atoms with van der Waals surface area (Å²) in [6.07, 6.45) is 0.915. The molecular weight excluding hydrogens is 371 g/mol. The SMILES string of the molecule is CC1(CN)CCN(C(=O)c2ccccc2OCc2ccc(Cl)cc2Cl)C1. The number of likely N-dealkylation sites (tertiary alicyclic amines) is 1. The molecular formula is C20H22Cl2N2O2. The minimum Gasteiger partial charge on any atom is -0.488 e. The fourth-order valence-electron chi connectivity index (χ4n) is 3.10. The lowest BCUT2D eigenvalue weighted by Gasteiger charge is -2.23. The van der Waals surface area contributed by atoms with Gasteiger partial charge in [-0.05, 0) is 42.6 Å². The van der Waals surface area contributed by atoms with Crippen molar-refractivity contribution in [1.29, 1.82) is 0 Å². The van der Waals surface area contributed by atoms with Gasteiger partial charge in [0.2, 0.25) is 0 Å². The van der Waals surface area contributed by atoms with Gasteiger partial charge in [0.1, 0.15) is 12.4 Å². The lowest BCUT2D eigenvalue weighted by molar-refractivity contribution is 0.0772. The molecule has 2 aromatic rings. The number of nitrogens with two attached hydrogens (primary N) is 1. The van der Waals surface area contributed by atoms with Crippen molar-refractivity contribution in [1.82, 2.24) is 4.90 Å². The molecule has 0 aromatic heterocycles. The summed E-state index contributed by atoms with van der Waals surface area (Å²) in [5.74, 6) is 0.518. The van der Waals surface area contributed by atoms with Crippen LogP contribution in [0.5, 0.6) is 5.75 Å². The highest BCUT2D eigenvalue weighted by Gasteiger charge is 2.35. The van der Waals surface area contributed by atoms with Crippen LogP contribution in [0.3, 0.4) is 0 Å². The van der Waals surface area contributed by atoms with Gasteiger partial charge in [0.05, 0.1) is 5.56 Å². The fraction of sp³-hybridized carbons (Fsp3) is 0.350. The van der Waals surface area contributed by atoms with E-state index in [2.05, 4.69) is 6.92 Å². The average molecular weight is 393 g/mol. The van der Waals surface area contributed by atoms with Crippen molar-refractivity contribution in [3.05, 3.63) is 63.6 Å². The molecule has 1 aliphatic heterocycles. The first-order chi connectivity index (χ1) is 12.4. The highest BCUT2D eigenvalue weighted by atomic mass is 35.5. The van der Waals surface area contributed by atoms with E-state index in [4.69, 9.17) is 33.7 Å². The van der Waals surface area contributed by atoms with Crippen LogP contribution in [0.25, 0.3) is 0 Å². The Kier molecular flexibility index (Phi) is 5.76. The smallest absolute Gasteiger partial charge is 0.257 e. The summed E-state index contributed by atoms with van der Waals surface area (Å²) in [7, 11) is 0. The van der Waals surface area contributed by atoms with Crippen LogP contribution in [0.2, 0.25) is 10.0 Å². The Bertz CT molecular complexity index is 812. The maximum Gasteiger partial charge on any atom is 0.257 e. The van der Waals surface area contributed by atoms with Crippen LogP contribution in [0.15, 0.2) is 42.5 Å².